The van der Waals surface area contributed by atoms with Crippen molar-refractivity contribution in [3.8, 4) is 33.4 Å². The summed E-state index contributed by atoms with van der Waals surface area (Å²) in [6, 6.07) is 94.7. The van der Waals surface area contributed by atoms with E-state index in [9.17, 15) is 0 Å². The molecule has 0 aliphatic heterocycles. The lowest BCUT2D eigenvalue weighted by Crippen LogP contribution is -2.18. The number of hydrogen-bond donors (Lipinski definition) is 0. The molecular formula is C81H64N2. The predicted molar refractivity (Wildman–Crippen MR) is 354 cm³/mol. The highest BCUT2D eigenvalue weighted by Crippen LogP contribution is 2.55. The molecule has 2 heteroatoms. The first-order valence-corrected chi connectivity index (χ1v) is 29.3. The van der Waals surface area contributed by atoms with Crippen LogP contribution < -0.4 is 9.80 Å². The van der Waals surface area contributed by atoms with Gasteiger partial charge in [0.1, 0.15) is 0 Å². The summed E-state index contributed by atoms with van der Waals surface area (Å²) < 4.78 is 0. The van der Waals surface area contributed by atoms with Crippen LogP contribution in [-0.2, 0) is 16.2 Å². The Labute approximate surface area is 488 Å². The second-order valence-electron chi connectivity index (χ2n) is 24.6. The molecule has 3 aliphatic carbocycles. The van der Waals surface area contributed by atoms with Crippen molar-refractivity contribution in [2.24, 2.45) is 0 Å². The van der Waals surface area contributed by atoms with Crippen molar-refractivity contribution < 1.29 is 0 Å². The van der Waals surface area contributed by atoms with Crippen LogP contribution in [0.2, 0.25) is 0 Å². The van der Waals surface area contributed by atoms with Crippen LogP contribution in [-0.4, -0.2) is 0 Å². The van der Waals surface area contributed by atoms with Crippen molar-refractivity contribution in [1.82, 2.24) is 0 Å². The lowest BCUT2D eigenvalue weighted by molar-refractivity contribution is 0.660. The second-order valence-corrected chi connectivity index (χ2v) is 24.6. The normalized spacial score (nSPS) is 14.6. The third-order valence-electron chi connectivity index (χ3n) is 18.6. The Bertz CT molecular complexity index is 4630. The van der Waals surface area contributed by atoms with Gasteiger partial charge in [0, 0.05) is 49.8 Å². The lowest BCUT2D eigenvalue weighted by Gasteiger charge is -2.30. The third-order valence-corrected chi connectivity index (χ3v) is 18.6. The zero-order chi connectivity index (χ0) is 56.2. The maximum atomic E-state index is 2.49. The van der Waals surface area contributed by atoms with Gasteiger partial charge >= 0.3 is 0 Å². The van der Waals surface area contributed by atoms with Gasteiger partial charge in [0.25, 0.3) is 0 Å². The summed E-state index contributed by atoms with van der Waals surface area (Å²) in [6.45, 7) is 14.3. The summed E-state index contributed by atoms with van der Waals surface area (Å²) in [5, 5.41) is 4.92. The Morgan fingerprint density at radius 1 is 0.241 bits per heavy atom. The van der Waals surface area contributed by atoms with Crippen LogP contribution in [0.1, 0.15) is 97.2 Å². The quantitative estimate of drug-likeness (QED) is 0.126. The summed E-state index contributed by atoms with van der Waals surface area (Å²) in [5.41, 5.74) is 27.3. The molecule has 0 fully saturated rings. The van der Waals surface area contributed by atoms with E-state index < -0.39 is 0 Å². The van der Waals surface area contributed by atoms with Gasteiger partial charge in [-0.2, -0.15) is 0 Å². The topological polar surface area (TPSA) is 6.48 Å². The number of anilines is 6. The first-order chi connectivity index (χ1) is 40.4. The predicted octanol–water partition coefficient (Wildman–Crippen LogP) is 22.2. The second kappa shape index (κ2) is 19.2. The minimum Gasteiger partial charge on any atom is -0.310 e. The highest BCUT2D eigenvalue weighted by atomic mass is 15.1. The fraction of sp³-hybridized carbons (Fsp3) is 0.111. The highest BCUT2D eigenvalue weighted by Gasteiger charge is 2.39. The molecule has 0 saturated carbocycles. The van der Waals surface area contributed by atoms with E-state index in [4.69, 9.17) is 0 Å². The minimum absolute atomic E-state index is 0.112. The van der Waals surface area contributed by atoms with Crippen LogP contribution in [0.15, 0.2) is 255 Å². The first kappa shape index (κ1) is 50.2. The highest BCUT2D eigenvalue weighted by molar-refractivity contribution is 6.01. The van der Waals surface area contributed by atoms with E-state index in [-0.39, 0.29) is 16.2 Å². The largest absolute Gasteiger partial charge is 0.310 e. The molecule has 0 N–H and O–H groups in total. The molecule has 398 valence electrons. The van der Waals surface area contributed by atoms with Gasteiger partial charge in [0.05, 0.1) is 11.4 Å². The Hall–Kier alpha value is -9.76. The standard InChI is InChI=1S/C81H64N2/c1-79(2)71-27-15-14-26-65(71)68-45-41-61(51-74(68)79)83(78-29-17-21-58-19-11-13-25-64(58)78)62-42-47-70-67-44-39-56(49-73(67)81(5,6)76(70)52-62)37-35-54-32-30-53(31-33-54)34-36-55-38-43-66-69-46-40-60(50-75(69)80(3,4)72(66)48-55)82(59-22-8-7-9-23-59)77-28-16-20-57-18-10-12-24-63(57)77/h7-52H,1-6H3/b36-34+,37-35+. The van der Waals surface area contributed by atoms with Crippen molar-refractivity contribution in [3.05, 3.63) is 310 Å². The zero-order valence-corrected chi connectivity index (χ0v) is 48.0. The van der Waals surface area contributed by atoms with E-state index >= 15 is 0 Å². The molecule has 2 nitrogen and oxygen atoms in total. The van der Waals surface area contributed by atoms with Gasteiger partial charge in [-0.1, -0.05) is 260 Å². The van der Waals surface area contributed by atoms with Gasteiger partial charge in [0.2, 0.25) is 0 Å². The molecule has 0 heterocycles. The molecule has 0 radical (unpaired) electrons. The van der Waals surface area contributed by atoms with E-state index in [0.717, 1.165) is 17.1 Å². The van der Waals surface area contributed by atoms with Gasteiger partial charge in [0.15, 0.2) is 0 Å². The lowest BCUT2D eigenvalue weighted by atomic mass is 9.81. The van der Waals surface area contributed by atoms with Gasteiger partial charge in [-0.15, -0.1) is 0 Å². The summed E-state index contributed by atoms with van der Waals surface area (Å²) in [6.07, 6.45) is 9.01. The molecular weight excluding hydrogens is 1000 g/mol. The molecule has 0 unspecified atom stereocenters. The Balaban J connectivity index is 0.674. The van der Waals surface area contributed by atoms with E-state index in [2.05, 4.69) is 330 Å². The average molecular weight is 1070 g/mol. The maximum absolute atomic E-state index is 2.49. The van der Waals surface area contributed by atoms with Crippen molar-refractivity contribution in [3.63, 3.8) is 0 Å². The van der Waals surface area contributed by atoms with E-state index in [1.807, 2.05) is 0 Å². The number of nitrogens with zero attached hydrogens (tertiary/aromatic N) is 2. The average Bonchev–Trinajstić information content (AvgIpc) is 2.90. The summed E-state index contributed by atoms with van der Waals surface area (Å²) in [7, 11) is 0. The summed E-state index contributed by atoms with van der Waals surface area (Å²) in [4.78, 5) is 4.90. The first-order valence-electron chi connectivity index (χ1n) is 29.3. The molecule has 3 aliphatic rings. The van der Waals surface area contributed by atoms with Crippen molar-refractivity contribution in [2.75, 3.05) is 9.80 Å². The smallest absolute Gasteiger partial charge is 0.0540 e. The third kappa shape index (κ3) is 8.22. The SMILES string of the molecule is CC1(C)c2ccccc2-c2ccc(N(c3ccc4c(c3)C(C)(C)c3cc(/C=C/c5ccc(/C=C/c6ccc7c(c6)C(C)(C)c6cc(N(c8ccccc8)c8cccc9ccccc89)ccc6-7)cc5)ccc3-4)c3cccc4ccccc34)cc21. The zero-order valence-electron chi connectivity index (χ0n) is 48.0. The van der Waals surface area contributed by atoms with Crippen molar-refractivity contribution >= 4 is 80.0 Å². The van der Waals surface area contributed by atoms with E-state index in [1.165, 1.54) is 128 Å². The molecule has 0 spiro atoms. The molecule has 0 aromatic heterocycles. The maximum Gasteiger partial charge on any atom is 0.0540 e. The number of benzene rings is 12. The molecule has 12 aromatic carbocycles. The van der Waals surface area contributed by atoms with E-state index in [0.29, 0.717) is 0 Å². The fourth-order valence-corrected chi connectivity index (χ4v) is 14.1. The van der Waals surface area contributed by atoms with Crippen LogP contribution in [0.5, 0.6) is 0 Å². The van der Waals surface area contributed by atoms with Crippen LogP contribution in [0.25, 0.3) is 79.2 Å². The van der Waals surface area contributed by atoms with Crippen molar-refractivity contribution in [1.29, 1.82) is 0 Å². The van der Waals surface area contributed by atoms with Gasteiger partial charge in [-0.25, -0.2) is 0 Å². The number of fused-ring (bicyclic) bond motifs is 11. The van der Waals surface area contributed by atoms with Crippen LogP contribution in [0, 0.1) is 0 Å². The van der Waals surface area contributed by atoms with Crippen LogP contribution in [0.4, 0.5) is 34.1 Å². The van der Waals surface area contributed by atoms with Gasteiger partial charge in [-0.3, -0.25) is 0 Å². The van der Waals surface area contributed by atoms with Crippen LogP contribution >= 0.6 is 0 Å². The molecule has 12 aromatic rings. The summed E-state index contributed by atoms with van der Waals surface area (Å²) >= 11 is 0. The molecule has 83 heavy (non-hydrogen) atoms. The Morgan fingerprint density at radius 3 is 1.04 bits per heavy atom. The molecule has 0 saturated heterocycles. The number of hydrogen-bond acceptors (Lipinski definition) is 2. The van der Waals surface area contributed by atoms with E-state index in [1.54, 1.807) is 0 Å². The molecule has 0 amide bonds. The number of rotatable bonds is 10. The number of para-hydroxylation sites is 1. The van der Waals surface area contributed by atoms with Crippen LogP contribution in [0.3, 0.4) is 0 Å². The molecule has 0 bridgehead atoms. The fourth-order valence-electron chi connectivity index (χ4n) is 14.1. The Kier molecular flexibility index (Phi) is 11.6. The molecule has 15 rings (SSSR count). The van der Waals surface area contributed by atoms with Gasteiger partial charge in [-0.05, 0) is 160 Å². The molecule has 0 atom stereocenters. The van der Waals surface area contributed by atoms with Crippen molar-refractivity contribution in [2.45, 2.75) is 57.8 Å². The Morgan fingerprint density at radius 2 is 0.566 bits per heavy atom. The minimum atomic E-state index is -0.213. The monoisotopic (exact) mass is 1060 g/mol. The summed E-state index contributed by atoms with van der Waals surface area (Å²) in [5.74, 6) is 0. The van der Waals surface area contributed by atoms with Gasteiger partial charge < -0.3 is 9.80 Å².